The van der Waals surface area contributed by atoms with E-state index in [1.54, 1.807) is 6.07 Å². The molecule has 4 nitrogen and oxygen atoms in total. The maximum Gasteiger partial charge on any atom is 0.127 e. The Balaban J connectivity index is 1.61. The van der Waals surface area contributed by atoms with Crippen molar-refractivity contribution in [2.24, 2.45) is 0 Å². The summed E-state index contributed by atoms with van der Waals surface area (Å²) in [6.07, 6.45) is -0.617. The Kier molecular flexibility index (Phi) is 6.71. The van der Waals surface area contributed by atoms with Gasteiger partial charge in [-0.15, -0.1) is 0 Å². The standard InChI is InChI=1S/C21H26ClFN2O2/c1-15-3-4-16(11-21(15)22)17-9-18(23)12-20(10-17)27-14-19(26)13-25-7-5-24(2)6-8-25/h3-4,9-12,19,26H,5-8,13-14H2,1-2H3. The second-order valence-corrected chi connectivity index (χ2v) is 7.62. The van der Waals surface area contributed by atoms with Crippen LogP contribution in [0.4, 0.5) is 4.39 Å². The average molecular weight is 393 g/mol. The first-order valence-electron chi connectivity index (χ1n) is 9.19. The zero-order chi connectivity index (χ0) is 19.4. The second kappa shape index (κ2) is 9.02. The molecule has 0 amide bonds. The first-order valence-corrected chi connectivity index (χ1v) is 9.57. The number of nitrogens with zero attached hydrogens (tertiary/aromatic N) is 2. The second-order valence-electron chi connectivity index (χ2n) is 7.21. The van der Waals surface area contributed by atoms with Gasteiger partial charge >= 0.3 is 0 Å². The molecule has 0 aliphatic carbocycles. The van der Waals surface area contributed by atoms with Crippen LogP contribution in [0.3, 0.4) is 0 Å². The van der Waals surface area contributed by atoms with E-state index >= 15 is 0 Å². The van der Waals surface area contributed by atoms with Gasteiger partial charge in [0.15, 0.2) is 0 Å². The topological polar surface area (TPSA) is 35.9 Å². The largest absolute Gasteiger partial charge is 0.491 e. The summed E-state index contributed by atoms with van der Waals surface area (Å²) in [6, 6.07) is 10.2. The molecule has 1 N–H and O–H groups in total. The van der Waals surface area contributed by atoms with Crippen LogP contribution in [0.2, 0.25) is 5.02 Å². The van der Waals surface area contributed by atoms with Crippen molar-refractivity contribution in [1.29, 1.82) is 0 Å². The number of benzene rings is 2. The lowest BCUT2D eigenvalue weighted by Gasteiger charge is -2.33. The zero-order valence-corrected chi connectivity index (χ0v) is 16.5. The molecule has 0 spiro atoms. The monoisotopic (exact) mass is 392 g/mol. The summed E-state index contributed by atoms with van der Waals surface area (Å²) in [6.45, 7) is 6.49. The lowest BCUT2D eigenvalue weighted by Crippen LogP contribution is -2.47. The van der Waals surface area contributed by atoms with Crippen molar-refractivity contribution in [3.05, 3.63) is 52.8 Å². The average Bonchev–Trinajstić information content (AvgIpc) is 2.64. The number of aliphatic hydroxyl groups is 1. The molecule has 27 heavy (non-hydrogen) atoms. The van der Waals surface area contributed by atoms with Crippen LogP contribution < -0.4 is 4.74 Å². The Hall–Kier alpha value is -1.66. The van der Waals surface area contributed by atoms with E-state index in [4.69, 9.17) is 16.3 Å². The highest BCUT2D eigenvalue weighted by molar-refractivity contribution is 6.31. The quantitative estimate of drug-likeness (QED) is 0.816. The van der Waals surface area contributed by atoms with Crippen LogP contribution in [-0.4, -0.2) is 67.4 Å². The van der Waals surface area contributed by atoms with Crippen LogP contribution in [-0.2, 0) is 0 Å². The highest BCUT2D eigenvalue weighted by atomic mass is 35.5. The lowest BCUT2D eigenvalue weighted by molar-refractivity contribution is 0.0504. The molecule has 2 aromatic carbocycles. The molecule has 0 bridgehead atoms. The molecule has 1 aliphatic heterocycles. The molecule has 146 valence electrons. The molecule has 1 atom stereocenters. The van der Waals surface area contributed by atoms with Crippen molar-refractivity contribution in [1.82, 2.24) is 9.80 Å². The minimum atomic E-state index is -0.617. The highest BCUT2D eigenvalue weighted by Gasteiger charge is 2.17. The summed E-state index contributed by atoms with van der Waals surface area (Å²) < 4.78 is 19.7. The molecule has 0 saturated carbocycles. The van der Waals surface area contributed by atoms with Gasteiger partial charge in [-0.25, -0.2) is 4.39 Å². The van der Waals surface area contributed by atoms with E-state index in [1.165, 1.54) is 12.1 Å². The van der Waals surface area contributed by atoms with Crippen molar-refractivity contribution in [3.8, 4) is 16.9 Å². The molecule has 1 saturated heterocycles. The number of aliphatic hydroxyl groups excluding tert-OH is 1. The van der Waals surface area contributed by atoms with Crippen LogP contribution in [0, 0.1) is 12.7 Å². The predicted octanol–water partition coefficient (Wildman–Crippen LogP) is 3.44. The fourth-order valence-corrected chi connectivity index (χ4v) is 3.34. The third-order valence-corrected chi connectivity index (χ3v) is 5.29. The molecule has 3 rings (SSSR count). The molecule has 2 aromatic rings. The maximum absolute atomic E-state index is 14.0. The fraction of sp³-hybridized carbons (Fsp3) is 0.429. The SMILES string of the molecule is Cc1ccc(-c2cc(F)cc(OCC(O)CN3CCN(C)CC3)c2)cc1Cl. The van der Waals surface area contributed by atoms with E-state index in [2.05, 4.69) is 16.8 Å². The van der Waals surface area contributed by atoms with Gasteiger partial charge in [-0.05, 0) is 48.9 Å². The third kappa shape index (κ3) is 5.66. The van der Waals surface area contributed by atoms with Crippen LogP contribution >= 0.6 is 11.6 Å². The molecule has 1 heterocycles. The van der Waals surface area contributed by atoms with E-state index in [-0.39, 0.29) is 12.4 Å². The van der Waals surface area contributed by atoms with Crippen molar-refractivity contribution in [2.45, 2.75) is 13.0 Å². The van der Waals surface area contributed by atoms with E-state index in [0.29, 0.717) is 22.9 Å². The third-order valence-electron chi connectivity index (χ3n) is 4.88. The molecule has 6 heteroatoms. The number of halogens is 2. The Morgan fingerprint density at radius 2 is 1.85 bits per heavy atom. The van der Waals surface area contributed by atoms with E-state index in [1.807, 2.05) is 25.1 Å². The highest BCUT2D eigenvalue weighted by Crippen LogP contribution is 2.29. The van der Waals surface area contributed by atoms with Gasteiger partial charge in [-0.3, -0.25) is 4.90 Å². The van der Waals surface area contributed by atoms with Crippen molar-refractivity contribution in [2.75, 3.05) is 46.4 Å². The summed E-state index contributed by atoms with van der Waals surface area (Å²) in [7, 11) is 2.10. The molecular weight excluding hydrogens is 367 g/mol. The van der Waals surface area contributed by atoms with Gasteiger partial charge < -0.3 is 14.7 Å². The molecule has 1 aliphatic rings. The number of piperazine rings is 1. The summed E-state index contributed by atoms with van der Waals surface area (Å²) in [4.78, 5) is 4.49. The fourth-order valence-electron chi connectivity index (χ4n) is 3.16. The Labute approximate surface area is 165 Å². The summed E-state index contributed by atoms with van der Waals surface area (Å²) in [5.74, 6) is 0.0203. The first kappa shape index (κ1) is 20.1. The van der Waals surface area contributed by atoms with Gasteiger partial charge in [0.25, 0.3) is 0 Å². The summed E-state index contributed by atoms with van der Waals surface area (Å²) >= 11 is 6.18. The van der Waals surface area contributed by atoms with Crippen molar-refractivity contribution in [3.63, 3.8) is 0 Å². The van der Waals surface area contributed by atoms with Crippen LogP contribution in [0.25, 0.3) is 11.1 Å². The van der Waals surface area contributed by atoms with Gasteiger partial charge in [0.1, 0.15) is 24.3 Å². The molecule has 1 fully saturated rings. The predicted molar refractivity (Wildman–Crippen MR) is 107 cm³/mol. The van der Waals surface area contributed by atoms with Crippen LogP contribution in [0.1, 0.15) is 5.56 Å². The molecule has 0 aromatic heterocycles. The van der Waals surface area contributed by atoms with E-state index in [9.17, 15) is 9.50 Å². The summed E-state index contributed by atoms with van der Waals surface area (Å²) in [5, 5.41) is 10.9. The van der Waals surface area contributed by atoms with Crippen LogP contribution in [0.15, 0.2) is 36.4 Å². The number of ether oxygens (including phenoxy) is 1. The van der Waals surface area contributed by atoms with Gasteiger partial charge in [0.2, 0.25) is 0 Å². The smallest absolute Gasteiger partial charge is 0.127 e. The van der Waals surface area contributed by atoms with Gasteiger partial charge in [0, 0.05) is 43.8 Å². The minimum Gasteiger partial charge on any atom is -0.491 e. The van der Waals surface area contributed by atoms with Crippen LogP contribution in [0.5, 0.6) is 5.75 Å². The number of likely N-dealkylation sites (N-methyl/N-ethyl adjacent to an activating group) is 1. The number of rotatable bonds is 6. The molecular formula is C21H26ClFN2O2. The lowest BCUT2D eigenvalue weighted by atomic mass is 10.0. The number of β-amino-alcohol motifs (C(OH)–C–C–N with tert-alkyl or cyclic N) is 1. The zero-order valence-electron chi connectivity index (χ0n) is 15.8. The van der Waals surface area contributed by atoms with Crippen molar-refractivity contribution < 1.29 is 14.2 Å². The Bertz CT molecular complexity index is 779. The first-order chi connectivity index (χ1) is 12.9. The number of aryl methyl sites for hydroxylation is 1. The van der Waals surface area contributed by atoms with E-state index in [0.717, 1.165) is 37.3 Å². The van der Waals surface area contributed by atoms with E-state index < -0.39 is 6.10 Å². The van der Waals surface area contributed by atoms with Crippen molar-refractivity contribution >= 4 is 11.6 Å². The molecule has 1 unspecified atom stereocenters. The normalized spacial score (nSPS) is 17.1. The number of hydrogen-bond donors (Lipinski definition) is 1. The summed E-state index contributed by atoms with van der Waals surface area (Å²) in [5.41, 5.74) is 2.49. The van der Waals surface area contributed by atoms with Gasteiger partial charge in [-0.1, -0.05) is 23.7 Å². The minimum absolute atomic E-state index is 0.129. The Morgan fingerprint density at radius 1 is 1.11 bits per heavy atom. The molecule has 0 radical (unpaired) electrons. The van der Waals surface area contributed by atoms with Gasteiger partial charge in [-0.2, -0.15) is 0 Å². The van der Waals surface area contributed by atoms with Gasteiger partial charge in [0.05, 0.1) is 0 Å². The maximum atomic E-state index is 14.0. The number of hydrogen-bond acceptors (Lipinski definition) is 4. The Morgan fingerprint density at radius 3 is 2.56 bits per heavy atom.